The number of rotatable bonds is 4. The van der Waals surface area contributed by atoms with Crippen LogP contribution in [0.4, 0.5) is 0 Å². The summed E-state index contributed by atoms with van der Waals surface area (Å²) in [4.78, 5) is 11.6. The molecule has 21 heavy (non-hydrogen) atoms. The third-order valence-electron chi connectivity index (χ3n) is 4.15. The van der Waals surface area contributed by atoms with Crippen molar-refractivity contribution >= 4 is 37.2 Å². The second-order valence-corrected chi connectivity index (χ2v) is 8.71. The van der Waals surface area contributed by atoms with Crippen LogP contribution in [0.5, 0.6) is 0 Å². The highest BCUT2D eigenvalue weighted by molar-refractivity contribution is 7.91. The molecule has 2 unspecified atom stereocenters. The van der Waals surface area contributed by atoms with E-state index < -0.39 is 21.7 Å². The van der Waals surface area contributed by atoms with Gasteiger partial charge in [0.2, 0.25) is 0 Å². The maximum Gasteiger partial charge on any atom is 0.307 e. The lowest BCUT2D eigenvalue weighted by Gasteiger charge is -2.17. The molecule has 1 aromatic carbocycles. The van der Waals surface area contributed by atoms with Gasteiger partial charge in [-0.25, -0.2) is 8.42 Å². The van der Waals surface area contributed by atoms with Crippen molar-refractivity contribution in [1.29, 1.82) is 0 Å². The molecule has 1 saturated heterocycles. The number of carbonyl (C=O) groups is 1. The Balaban J connectivity index is 1.88. The van der Waals surface area contributed by atoms with E-state index in [1.54, 1.807) is 11.3 Å². The summed E-state index contributed by atoms with van der Waals surface area (Å²) in [6.07, 6.45) is 0.862. The summed E-state index contributed by atoms with van der Waals surface area (Å²) in [5.41, 5.74) is 1.01. The highest BCUT2D eigenvalue weighted by atomic mass is 32.2. The Bertz CT molecular complexity index is 776. The zero-order valence-corrected chi connectivity index (χ0v) is 13.0. The fourth-order valence-electron chi connectivity index (χ4n) is 3.02. The lowest BCUT2D eigenvalue weighted by Crippen LogP contribution is -2.26. The third-order valence-corrected chi connectivity index (χ3v) is 6.96. The van der Waals surface area contributed by atoms with Crippen LogP contribution in [-0.2, 0) is 21.1 Å². The van der Waals surface area contributed by atoms with Gasteiger partial charge in [0.05, 0.1) is 17.4 Å². The third kappa shape index (κ3) is 2.96. The maximum atomic E-state index is 11.6. The number of hydrogen-bond donors (Lipinski definition) is 1. The Kier molecular flexibility index (Phi) is 3.75. The number of hydrogen-bond acceptors (Lipinski definition) is 4. The SMILES string of the molecule is O=C(O)C(Cc1csc2ccccc12)C1CCS(=O)(=O)C1. The molecule has 6 heteroatoms. The molecule has 0 radical (unpaired) electrons. The first-order chi connectivity index (χ1) is 9.96. The van der Waals surface area contributed by atoms with Gasteiger partial charge in [0.15, 0.2) is 9.84 Å². The van der Waals surface area contributed by atoms with E-state index in [-0.39, 0.29) is 17.4 Å². The van der Waals surface area contributed by atoms with E-state index >= 15 is 0 Å². The van der Waals surface area contributed by atoms with E-state index in [2.05, 4.69) is 0 Å². The molecule has 1 N–H and O–H groups in total. The highest BCUT2D eigenvalue weighted by Gasteiger charge is 2.37. The second-order valence-electron chi connectivity index (χ2n) is 5.57. The molecule has 2 heterocycles. The summed E-state index contributed by atoms with van der Waals surface area (Å²) in [5.74, 6) is -1.67. The number of aliphatic carboxylic acids is 1. The molecule has 0 spiro atoms. The summed E-state index contributed by atoms with van der Waals surface area (Å²) in [7, 11) is -3.06. The summed E-state index contributed by atoms with van der Waals surface area (Å²) >= 11 is 1.60. The second kappa shape index (κ2) is 5.42. The zero-order chi connectivity index (χ0) is 15.0. The molecule has 1 aliphatic heterocycles. The van der Waals surface area contributed by atoms with E-state index in [1.165, 1.54) is 0 Å². The van der Waals surface area contributed by atoms with Crippen molar-refractivity contribution in [2.75, 3.05) is 11.5 Å². The van der Waals surface area contributed by atoms with Gasteiger partial charge in [0.1, 0.15) is 0 Å². The van der Waals surface area contributed by atoms with Crippen molar-refractivity contribution in [3.63, 3.8) is 0 Å². The van der Waals surface area contributed by atoms with Crippen LogP contribution in [0.25, 0.3) is 10.1 Å². The monoisotopic (exact) mass is 324 g/mol. The molecule has 112 valence electrons. The Morgan fingerprint density at radius 3 is 2.81 bits per heavy atom. The molecule has 0 amide bonds. The van der Waals surface area contributed by atoms with Crippen molar-refractivity contribution in [2.45, 2.75) is 12.8 Å². The van der Waals surface area contributed by atoms with Crippen LogP contribution in [0.1, 0.15) is 12.0 Å². The van der Waals surface area contributed by atoms with E-state index in [4.69, 9.17) is 0 Å². The minimum Gasteiger partial charge on any atom is -0.481 e. The molecule has 1 fully saturated rings. The largest absolute Gasteiger partial charge is 0.481 e. The van der Waals surface area contributed by atoms with Crippen LogP contribution in [0.3, 0.4) is 0 Å². The van der Waals surface area contributed by atoms with Crippen LogP contribution in [-0.4, -0.2) is 31.0 Å². The number of benzene rings is 1. The predicted molar refractivity (Wildman–Crippen MR) is 83.4 cm³/mol. The first-order valence-electron chi connectivity index (χ1n) is 6.84. The quantitative estimate of drug-likeness (QED) is 0.938. The van der Waals surface area contributed by atoms with Crippen LogP contribution in [0, 0.1) is 11.8 Å². The predicted octanol–water partition coefficient (Wildman–Crippen LogP) is 2.58. The smallest absolute Gasteiger partial charge is 0.307 e. The summed E-state index contributed by atoms with van der Waals surface area (Å²) in [5, 5.41) is 12.6. The first kappa shape index (κ1) is 14.5. The van der Waals surface area contributed by atoms with Gasteiger partial charge in [-0.15, -0.1) is 11.3 Å². The number of sulfone groups is 1. The molecule has 1 aliphatic rings. The topological polar surface area (TPSA) is 71.4 Å². The normalized spacial score (nSPS) is 22.4. The van der Waals surface area contributed by atoms with Gasteiger partial charge in [0.25, 0.3) is 0 Å². The van der Waals surface area contributed by atoms with Gasteiger partial charge in [-0.2, -0.15) is 0 Å². The molecular weight excluding hydrogens is 308 g/mol. The highest BCUT2D eigenvalue weighted by Crippen LogP contribution is 2.33. The van der Waals surface area contributed by atoms with Crippen molar-refractivity contribution in [3.05, 3.63) is 35.2 Å². The molecule has 0 aliphatic carbocycles. The molecule has 0 bridgehead atoms. The summed E-state index contributed by atoms with van der Waals surface area (Å²) in [6, 6.07) is 7.90. The van der Waals surface area contributed by atoms with Crippen LogP contribution in [0.2, 0.25) is 0 Å². The van der Waals surface area contributed by atoms with Gasteiger partial charge >= 0.3 is 5.97 Å². The Morgan fingerprint density at radius 2 is 2.14 bits per heavy atom. The zero-order valence-electron chi connectivity index (χ0n) is 11.4. The van der Waals surface area contributed by atoms with Crippen LogP contribution in [0.15, 0.2) is 29.6 Å². The van der Waals surface area contributed by atoms with Gasteiger partial charge in [-0.3, -0.25) is 4.79 Å². The lowest BCUT2D eigenvalue weighted by atomic mass is 9.86. The maximum absolute atomic E-state index is 11.6. The number of fused-ring (bicyclic) bond motifs is 1. The fourth-order valence-corrected chi connectivity index (χ4v) is 5.88. The Morgan fingerprint density at radius 1 is 1.38 bits per heavy atom. The lowest BCUT2D eigenvalue weighted by molar-refractivity contribution is -0.143. The number of thiophene rings is 1. The molecular formula is C15H16O4S2. The van der Waals surface area contributed by atoms with E-state index in [0.717, 1.165) is 15.6 Å². The average molecular weight is 324 g/mol. The van der Waals surface area contributed by atoms with E-state index in [1.807, 2.05) is 29.6 Å². The van der Waals surface area contributed by atoms with Crippen molar-refractivity contribution in [3.8, 4) is 0 Å². The standard InChI is InChI=1S/C15H16O4S2/c16-15(17)13(10-5-6-21(18,19)9-10)7-11-8-20-14-4-2-1-3-12(11)14/h1-4,8,10,13H,5-7,9H2,(H,16,17). The molecule has 2 aromatic rings. The minimum absolute atomic E-state index is 0.00599. The van der Waals surface area contributed by atoms with Gasteiger partial charge in [-0.05, 0) is 41.2 Å². The average Bonchev–Trinajstić information content (AvgIpc) is 2.99. The number of carboxylic acid groups (broad SMARTS) is 1. The molecule has 3 rings (SSSR count). The molecule has 4 nitrogen and oxygen atoms in total. The Hall–Kier alpha value is -1.40. The van der Waals surface area contributed by atoms with Crippen molar-refractivity contribution < 1.29 is 18.3 Å². The van der Waals surface area contributed by atoms with Gasteiger partial charge < -0.3 is 5.11 Å². The fraction of sp³-hybridized carbons (Fsp3) is 0.400. The van der Waals surface area contributed by atoms with Gasteiger partial charge in [-0.1, -0.05) is 18.2 Å². The number of carboxylic acids is 1. The first-order valence-corrected chi connectivity index (χ1v) is 9.55. The Labute approximate surface area is 127 Å². The summed E-state index contributed by atoms with van der Waals surface area (Å²) < 4.78 is 24.3. The van der Waals surface area contributed by atoms with E-state index in [0.29, 0.717) is 12.8 Å². The molecule has 1 aromatic heterocycles. The molecule has 2 atom stereocenters. The van der Waals surface area contributed by atoms with Gasteiger partial charge in [0, 0.05) is 4.70 Å². The van der Waals surface area contributed by atoms with Crippen molar-refractivity contribution in [2.24, 2.45) is 11.8 Å². The van der Waals surface area contributed by atoms with Crippen LogP contribution >= 0.6 is 11.3 Å². The van der Waals surface area contributed by atoms with E-state index in [9.17, 15) is 18.3 Å². The minimum atomic E-state index is -3.06. The van der Waals surface area contributed by atoms with Crippen molar-refractivity contribution in [1.82, 2.24) is 0 Å². The summed E-state index contributed by atoms with van der Waals surface area (Å²) in [6.45, 7) is 0. The van der Waals surface area contributed by atoms with Crippen LogP contribution < -0.4 is 0 Å². The molecule has 0 saturated carbocycles.